The maximum absolute atomic E-state index is 6.00. The number of hydrogen-bond donors (Lipinski definition) is 0. The average molecular weight is 187 g/mol. The van der Waals surface area contributed by atoms with Crippen molar-refractivity contribution in [3.05, 3.63) is 33.8 Å². The number of rotatable bonds is 1. The second-order valence-electron chi connectivity index (χ2n) is 2.92. The molecule has 0 N–H and O–H groups in total. The topological polar surface area (TPSA) is 0 Å². The summed E-state index contributed by atoms with van der Waals surface area (Å²) in [7, 11) is 0. The molecule has 1 aliphatic rings. The molecule has 2 rings (SSSR count). The van der Waals surface area contributed by atoms with Gasteiger partial charge in [-0.05, 0) is 30.4 Å². The molecular weight excluding hydrogens is 179 g/mol. The monoisotopic (exact) mass is 186 g/mol. The second kappa shape index (κ2) is 2.69. The zero-order valence-electron chi connectivity index (χ0n) is 5.98. The summed E-state index contributed by atoms with van der Waals surface area (Å²) in [6.07, 6.45) is 2.53. The number of hydrogen-bond acceptors (Lipinski definition) is 0. The lowest BCUT2D eigenvalue weighted by atomic mass is 10.1. The third kappa shape index (κ3) is 1.38. The van der Waals surface area contributed by atoms with Crippen LogP contribution in [0.1, 0.15) is 24.3 Å². The smallest absolute Gasteiger partial charge is 0.0627 e. The third-order valence-corrected chi connectivity index (χ3v) is 2.83. The van der Waals surface area contributed by atoms with E-state index in [1.165, 1.54) is 18.4 Å². The zero-order chi connectivity index (χ0) is 7.84. The molecule has 0 unspecified atom stereocenters. The van der Waals surface area contributed by atoms with Gasteiger partial charge in [-0.3, -0.25) is 0 Å². The van der Waals surface area contributed by atoms with E-state index in [0.29, 0.717) is 10.9 Å². The molecule has 0 amide bonds. The highest BCUT2D eigenvalue weighted by Crippen LogP contribution is 2.44. The van der Waals surface area contributed by atoms with Crippen LogP contribution in [0.5, 0.6) is 0 Å². The van der Waals surface area contributed by atoms with E-state index in [9.17, 15) is 0 Å². The van der Waals surface area contributed by atoms with Crippen LogP contribution in [0.15, 0.2) is 18.2 Å². The first-order valence-corrected chi connectivity index (χ1v) is 4.48. The Labute approximate surface area is 76.1 Å². The predicted octanol–water partition coefficient (Wildman–Crippen LogP) is 3.87. The van der Waals surface area contributed by atoms with E-state index in [1.807, 2.05) is 12.1 Å². The Balaban J connectivity index is 2.45. The molecule has 0 aromatic heterocycles. The molecule has 0 saturated heterocycles. The summed E-state index contributed by atoms with van der Waals surface area (Å²) in [5.74, 6) is 0.682. The summed E-state index contributed by atoms with van der Waals surface area (Å²) in [6.45, 7) is 0. The van der Waals surface area contributed by atoms with Crippen molar-refractivity contribution in [3.63, 3.8) is 0 Å². The fourth-order valence-electron chi connectivity index (χ4n) is 1.23. The molecule has 0 atom stereocenters. The van der Waals surface area contributed by atoms with Gasteiger partial charge in [-0.25, -0.2) is 0 Å². The van der Waals surface area contributed by atoms with Crippen LogP contribution >= 0.6 is 23.2 Å². The Kier molecular flexibility index (Phi) is 1.82. The van der Waals surface area contributed by atoms with Gasteiger partial charge in [0.2, 0.25) is 0 Å². The van der Waals surface area contributed by atoms with E-state index in [2.05, 4.69) is 6.07 Å². The molecule has 11 heavy (non-hydrogen) atoms. The van der Waals surface area contributed by atoms with Crippen LogP contribution < -0.4 is 0 Å². The second-order valence-corrected chi connectivity index (χ2v) is 3.70. The summed E-state index contributed by atoms with van der Waals surface area (Å²) in [5, 5.41) is 1.42. The first-order chi connectivity index (χ1) is 5.29. The number of halogens is 2. The van der Waals surface area contributed by atoms with Gasteiger partial charge in [-0.15, -0.1) is 0 Å². The first-order valence-electron chi connectivity index (χ1n) is 3.73. The third-order valence-electron chi connectivity index (χ3n) is 2.00. The molecule has 1 saturated carbocycles. The van der Waals surface area contributed by atoms with Crippen LogP contribution in [0.4, 0.5) is 0 Å². The molecule has 1 aliphatic carbocycles. The Morgan fingerprint density at radius 2 is 1.91 bits per heavy atom. The molecule has 1 aromatic carbocycles. The molecule has 0 nitrogen and oxygen atoms in total. The minimum atomic E-state index is 0.677. The van der Waals surface area contributed by atoms with Gasteiger partial charge >= 0.3 is 0 Å². The van der Waals surface area contributed by atoms with E-state index in [0.717, 1.165) is 5.02 Å². The quantitative estimate of drug-likeness (QED) is 0.625. The van der Waals surface area contributed by atoms with Gasteiger partial charge in [-0.1, -0.05) is 35.3 Å². The summed E-state index contributed by atoms with van der Waals surface area (Å²) in [5.41, 5.74) is 1.22. The first kappa shape index (κ1) is 7.45. The van der Waals surface area contributed by atoms with Crippen molar-refractivity contribution in [3.8, 4) is 0 Å². The molecule has 0 heterocycles. The van der Waals surface area contributed by atoms with Crippen LogP contribution in [0.25, 0.3) is 0 Å². The lowest BCUT2D eigenvalue weighted by Crippen LogP contribution is -1.80. The van der Waals surface area contributed by atoms with Crippen molar-refractivity contribution in [1.82, 2.24) is 0 Å². The van der Waals surface area contributed by atoms with Crippen molar-refractivity contribution in [1.29, 1.82) is 0 Å². The summed E-state index contributed by atoms with van der Waals surface area (Å²) >= 11 is 11.8. The van der Waals surface area contributed by atoms with Gasteiger partial charge in [0.25, 0.3) is 0 Å². The van der Waals surface area contributed by atoms with E-state index in [-0.39, 0.29) is 0 Å². The average Bonchev–Trinajstić information content (AvgIpc) is 2.77. The van der Waals surface area contributed by atoms with Crippen LogP contribution in [-0.4, -0.2) is 0 Å². The van der Waals surface area contributed by atoms with E-state index in [1.54, 1.807) is 0 Å². The van der Waals surface area contributed by atoms with Gasteiger partial charge in [0.15, 0.2) is 0 Å². The minimum Gasteiger partial charge on any atom is -0.0827 e. The van der Waals surface area contributed by atoms with Crippen LogP contribution in [0.2, 0.25) is 10.0 Å². The summed E-state index contributed by atoms with van der Waals surface area (Å²) < 4.78 is 0. The summed E-state index contributed by atoms with van der Waals surface area (Å²) in [4.78, 5) is 0. The van der Waals surface area contributed by atoms with Crippen LogP contribution in [-0.2, 0) is 0 Å². The molecule has 2 heteroatoms. The predicted molar refractivity (Wildman–Crippen MR) is 48.4 cm³/mol. The lowest BCUT2D eigenvalue weighted by Gasteiger charge is -2.01. The highest BCUT2D eigenvalue weighted by atomic mass is 35.5. The molecule has 1 aromatic rings. The maximum Gasteiger partial charge on any atom is 0.0627 e. The molecule has 1 fully saturated rings. The Morgan fingerprint density at radius 1 is 1.18 bits per heavy atom. The summed E-state index contributed by atoms with van der Waals surface area (Å²) in [6, 6.07) is 5.85. The maximum atomic E-state index is 6.00. The molecule has 0 aliphatic heterocycles. The van der Waals surface area contributed by atoms with Gasteiger partial charge in [0.1, 0.15) is 0 Å². The van der Waals surface area contributed by atoms with Crippen molar-refractivity contribution >= 4 is 23.2 Å². The van der Waals surface area contributed by atoms with Gasteiger partial charge in [0, 0.05) is 0 Å². The lowest BCUT2D eigenvalue weighted by molar-refractivity contribution is 1.13. The van der Waals surface area contributed by atoms with Crippen molar-refractivity contribution < 1.29 is 0 Å². The van der Waals surface area contributed by atoms with Gasteiger partial charge in [0.05, 0.1) is 10.0 Å². The highest BCUT2D eigenvalue weighted by molar-refractivity contribution is 6.42. The minimum absolute atomic E-state index is 0.677. The molecule has 0 bridgehead atoms. The largest absolute Gasteiger partial charge is 0.0827 e. The van der Waals surface area contributed by atoms with E-state index >= 15 is 0 Å². The van der Waals surface area contributed by atoms with E-state index in [4.69, 9.17) is 23.2 Å². The van der Waals surface area contributed by atoms with Gasteiger partial charge in [-0.2, -0.15) is 0 Å². The number of benzene rings is 1. The fourth-order valence-corrected chi connectivity index (χ4v) is 1.69. The van der Waals surface area contributed by atoms with Crippen molar-refractivity contribution in [2.45, 2.75) is 18.8 Å². The Bertz CT molecular complexity index is 277. The molecule has 0 spiro atoms. The highest BCUT2D eigenvalue weighted by Gasteiger charge is 2.26. The molecule has 0 radical (unpaired) electrons. The Hall–Kier alpha value is -0.200. The SMILES string of the molecule is Clc1cccc(C2CC2)c1Cl. The van der Waals surface area contributed by atoms with Gasteiger partial charge < -0.3 is 0 Å². The molecular formula is C9H8Cl2. The van der Waals surface area contributed by atoms with Crippen LogP contribution in [0, 0.1) is 0 Å². The van der Waals surface area contributed by atoms with Crippen molar-refractivity contribution in [2.75, 3.05) is 0 Å². The van der Waals surface area contributed by atoms with E-state index < -0.39 is 0 Å². The normalized spacial score (nSPS) is 16.9. The van der Waals surface area contributed by atoms with Crippen LogP contribution in [0.3, 0.4) is 0 Å². The standard InChI is InChI=1S/C9H8Cl2/c10-8-3-1-2-7(9(8)11)6-4-5-6/h1-3,6H,4-5H2. The fraction of sp³-hybridized carbons (Fsp3) is 0.333. The van der Waals surface area contributed by atoms with Crippen molar-refractivity contribution in [2.24, 2.45) is 0 Å². The zero-order valence-corrected chi connectivity index (χ0v) is 7.49. The molecule has 58 valence electrons. The Morgan fingerprint density at radius 3 is 2.55 bits per heavy atom.